The van der Waals surface area contributed by atoms with Gasteiger partial charge in [0.25, 0.3) is 0 Å². The fourth-order valence-corrected chi connectivity index (χ4v) is 2.90. The van der Waals surface area contributed by atoms with Gasteiger partial charge in [0.05, 0.1) is 6.61 Å². The molecule has 0 aromatic heterocycles. The fraction of sp³-hybridized carbons (Fsp3) is 0.952. The predicted molar refractivity (Wildman–Crippen MR) is 104 cm³/mol. The molecule has 25 heavy (non-hydrogen) atoms. The number of aliphatic hydroxyl groups excluding tert-OH is 2. The first-order chi connectivity index (χ1) is 12.1. The van der Waals surface area contributed by atoms with Gasteiger partial charge in [-0.05, 0) is 12.3 Å². The van der Waals surface area contributed by atoms with E-state index in [0.717, 1.165) is 18.8 Å². The molecule has 0 saturated carbocycles. The summed E-state index contributed by atoms with van der Waals surface area (Å²) in [6.07, 6.45) is 16.2. The second kappa shape index (κ2) is 18.2. The van der Waals surface area contributed by atoms with E-state index in [2.05, 4.69) is 13.8 Å². The van der Waals surface area contributed by atoms with Crippen molar-refractivity contribution in [3.8, 4) is 0 Å². The quantitative estimate of drug-likeness (QED) is 0.267. The number of ether oxygens (including phenoxy) is 1. The van der Waals surface area contributed by atoms with Crippen molar-refractivity contribution in [2.45, 2.75) is 110 Å². The Morgan fingerprint density at radius 1 is 0.800 bits per heavy atom. The van der Waals surface area contributed by atoms with Crippen LogP contribution in [0.3, 0.4) is 0 Å². The zero-order chi connectivity index (χ0) is 18.8. The largest absolute Gasteiger partial charge is 0.463 e. The summed E-state index contributed by atoms with van der Waals surface area (Å²) in [6.45, 7) is 4.13. The molecule has 0 spiro atoms. The fourth-order valence-electron chi connectivity index (χ4n) is 2.90. The molecule has 4 nitrogen and oxygen atoms in total. The van der Waals surface area contributed by atoms with Crippen molar-refractivity contribution >= 4 is 5.97 Å². The summed E-state index contributed by atoms with van der Waals surface area (Å²) in [5.74, 6) is 0.575. The molecule has 0 bridgehead atoms. The zero-order valence-corrected chi connectivity index (χ0v) is 16.7. The van der Waals surface area contributed by atoms with Crippen molar-refractivity contribution in [3.63, 3.8) is 0 Å². The molecule has 0 aliphatic heterocycles. The Hall–Kier alpha value is -0.610. The van der Waals surface area contributed by atoms with E-state index in [4.69, 9.17) is 14.9 Å². The Morgan fingerprint density at radius 3 is 1.68 bits per heavy atom. The summed E-state index contributed by atoms with van der Waals surface area (Å²) in [5.41, 5.74) is 0. The Kier molecular flexibility index (Phi) is 17.7. The van der Waals surface area contributed by atoms with Gasteiger partial charge in [-0.1, -0.05) is 90.9 Å². The Balaban J connectivity index is 3.15. The monoisotopic (exact) mass is 358 g/mol. The van der Waals surface area contributed by atoms with E-state index in [1.54, 1.807) is 0 Å². The molecule has 0 aliphatic carbocycles. The number of hydrogen-bond donors (Lipinski definition) is 2. The number of carbonyl (C=O) groups excluding carboxylic acids is 1. The number of hydrogen-bond acceptors (Lipinski definition) is 4. The average Bonchev–Trinajstić information content (AvgIpc) is 2.59. The lowest BCUT2D eigenvalue weighted by atomic mass is 10.0. The lowest BCUT2D eigenvalue weighted by molar-refractivity contribution is -0.147. The first kappa shape index (κ1) is 24.4. The van der Waals surface area contributed by atoms with Gasteiger partial charge >= 0.3 is 5.97 Å². The highest BCUT2D eigenvalue weighted by atomic mass is 16.5. The van der Waals surface area contributed by atoms with Gasteiger partial charge in [0.1, 0.15) is 12.7 Å². The molecule has 4 heteroatoms. The topological polar surface area (TPSA) is 66.8 Å². The third-order valence-corrected chi connectivity index (χ3v) is 4.56. The molecule has 0 amide bonds. The summed E-state index contributed by atoms with van der Waals surface area (Å²) in [7, 11) is 0. The van der Waals surface area contributed by atoms with Crippen LogP contribution in [0.4, 0.5) is 0 Å². The van der Waals surface area contributed by atoms with Crippen LogP contribution in [0.2, 0.25) is 0 Å². The first-order valence-corrected chi connectivity index (χ1v) is 10.5. The smallest absolute Gasteiger partial charge is 0.305 e. The van der Waals surface area contributed by atoms with Crippen molar-refractivity contribution < 1.29 is 19.7 Å². The number of unbranched alkanes of at least 4 members (excludes halogenated alkanes) is 11. The first-order valence-electron chi connectivity index (χ1n) is 10.5. The third-order valence-electron chi connectivity index (χ3n) is 4.56. The molecule has 0 rings (SSSR count). The molecule has 0 radical (unpaired) electrons. The van der Waals surface area contributed by atoms with Crippen molar-refractivity contribution in [3.05, 3.63) is 0 Å². The molecular weight excluding hydrogens is 316 g/mol. The van der Waals surface area contributed by atoms with Crippen LogP contribution in [0.25, 0.3) is 0 Å². The summed E-state index contributed by atoms with van der Waals surface area (Å²) < 4.78 is 4.86. The minimum Gasteiger partial charge on any atom is -0.463 e. The van der Waals surface area contributed by atoms with E-state index in [1.165, 1.54) is 70.6 Å². The minimum atomic E-state index is -0.955. The molecule has 2 N–H and O–H groups in total. The van der Waals surface area contributed by atoms with Crippen LogP contribution in [0.5, 0.6) is 0 Å². The van der Waals surface area contributed by atoms with Gasteiger partial charge in [0.15, 0.2) is 0 Å². The molecule has 0 aromatic carbocycles. The Morgan fingerprint density at radius 2 is 1.24 bits per heavy atom. The average molecular weight is 359 g/mol. The Bertz CT molecular complexity index is 292. The van der Waals surface area contributed by atoms with E-state index < -0.39 is 6.10 Å². The van der Waals surface area contributed by atoms with Crippen LogP contribution in [0.15, 0.2) is 0 Å². The van der Waals surface area contributed by atoms with Crippen LogP contribution in [-0.4, -0.2) is 35.5 Å². The van der Waals surface area contributed by atoms with Crippen LogP contribution < -0.4 is 0 Å². The maximum Gasteiger partial charge on any atom is 0.305 e. The predicted octanol–water partition coefficient (Wildman–Crippen LogP) is 5.00. The number of aliphatic hydroxyl groups is 2. The standard InChI is InChI=1S/C21H42O4/c1-19(2)15-13-11-9-7-5-3-4-6-8-10-12-14-16-21(24)25-18-20(23)17-22/h19-20,22-23H,3-18H2,1-2H3/t20-/m1/s1. The molecule has 0 aromatic rings. The SMILES string of the molecule is CC(C)CCCCCCCCCCCCCCC(=O)OC[C@H](O)CO. The van der Waals surface area contributed by atoms with Crippen LogP contribution >= 0.6 is 0 Å². The summed E-state index contributed by atoms with van der Waals surface area (Å²) >= 11 is 0. The molecule has 150 valence electrons. The van der Waals surface area contributed by atoms with Gasteiger partial charge in [-0.25, -0.2) is 0 Å². The Labute approximate surface area is 155 Å². The molecule has 0 unspecified atom stereocenters. The van der Waals surface area contributed by atoms with E-state index in [0.29, 0.717) is 6.42 Å². The number of esters is 1. The van der Waals surface area contributed by atoms with Gasteiger partial charge in [-0.15, -0.1) is 0 Å². The number of carbonyl (C=O) groups is 1. The third kappa shape index (κ3) is 19.6. The minimum absolute atomic E-state index is 0.104. The molecular formula is C21H42O4. The summed E-state index contributed by atoms with van der Waals surface area (Å²) in [6, 6.07) is 0. The zero-order valence-electron chi connectivity index (χ0n) is 16.7. The second-order valence-electron chi connectivity index (χ2n) is 7.69. The maximum atomic E-state index is 11.4. The van der Waals surface area contributed by atoms with Gasteiger partial charge in [0.2, 0.25) is 0 Å². The van der Waals surface area contributed by atoms with Gasteiger partial charge in [-0.3, -0.25) is 4.79 Å². The van der Waals surface area contributed by atoms with E-state index in [-0.39, 0.29) is 19.2 Å². The highest BCUT2D eigenvalue weighted by Gasteiger charge is 2.07. The highest BCUT2D eigenvalue weighted by molar-refractivity contribution is 5.69. The van der Waals surface area contributed by atoms with Crippen LogP contribution in [-0.2, 0) is 9.53 Å². The molecule has 0 aliphatic rings. The van der Waals surface area contributed by atoms with Crippen molar-refractivity contribution in [1.82, 2.24) is 0 Å². The van der Waals surface area contributed by atoms with E-state index in [1.807, 2.05) is 0 Å². The lowest BCUT2D eigenvalue weighted by Crippen LogP contribution is -2.21. The van der Waals surface area contributed by atoms with Gasteiger partial charge in [-0.2, -0.15) is 0 Å². The van der Waals surface area contributed by atoms with Crippen molar-refractivity contribution in [2.24, 2.45) is 5.92 Å². The van der Waals surface area contributed by atoms with Crippen LogP contribution in [0, 0.1) is 5.92 Å². The molecule has 1 atom stereocenters. The highest BCUT2D eigenvalue weighted by Crippen LogP contribution is 2.14. The van der Waals surface area contributed by atoms with Crippen LogP contribution in [0.1, 0.15) is 104 Å². The second-order valence-corrected chi connectivity index (χ2v) is 7.69. The normalized spacial score (nSPS) is 12.5. The van der Waals surface area contributed by atoms with Crippen molar-refractivity contribution in [1.29, 1.82) is 0 Å². The summed E-state index contributed by atoms with van der Waals surface area (Å²) in [4.78, 5) is 11.4. The number of rotatable bonds is 18. The van der Waals surface area contributed by atoms with Gasteiger partial charge in [0, 0.05) is 6.42 Å². The summed E-state index contributed by atoms with van der Waals surface area (Å²) in [5, 5.41) is 17.7. The van der Waals surface area contributed by atoms with Crippen molar-refractivity contribution in [2.75, 3.05) is 13.2 Å². The molecule has 0 heterocycles. The van der Waals surface area contributed by atoms with E-state index in [9.17, 15) is 4.79 Å². The molecule has 0 saturated heterocycles. The lowest BCUT2D eigenvalue weighted by Gasteiger charge is -2.08. The molecule has 0 fully saturated rings. The van der Waals surface area contributed by atoms with Gasteiger partial charge < -0.3 is 14.9 Å². The van der Waals surface area contributed by atoms with E-state index >= 15 is 0 Å². The maximum absolute atomic E-state index is 11.4.